The van der Waals surface area contributed by atoms with Gasteiger partial charge in [-0.3, -0.25) is 0 Å². The molecule has 1 aliphatic carbocycles. The molecule has 1 fully saturated rings. The lowest BCUT2D eigenvalue weighted by Gasteiger charge is -2.13. The Morgan fingerprint density at radius 3 is 2.36 bits per heavy atom. The second kappa shape index (κ2) is 8.15. The van der Waals surface area contributed by atoms with Crippen LogP contribution in [-0.4, -0.2) is 27.6 Å². The quantitative estimate of drug-likeness (QED) is 0.754. The van der Waals surface area contributed by atoms with Crippen molar-refractivity contribution < 1.29 is 13.2 Å². The summed E-state index contributed by atoms with van der Waals surface area (Å²) in [7, 11) is -3.49. The lowest BCUT2D eigenvalue weighted by molar-refractivity contribution is 0.271. The summed E-state index contributed by atoms with van der Waals surface area (Å²) in [6.45, 7) is 5.02. The first kappa shape index (κ1) is 19.2. The number of ether oxygens (including phenoxy) is 1. The van der Waals surface area contributed by atoms with E-state index in [1.807, 2.05) is 0 Å². The van der Waals surface area contributed by atoms with Crippen molar-refractivity contribution in [2.75, 3.05) is 13.2 Å². The van der Waals surface area contributed by atoms with Crippen molar-refractivity contribution in [2.24, 2.45) is 17.6 Å². The zero-order valence-corrected chi connectivity index (χ0v) is 14.6. The first-order chi connectivity index (χ1) is 9.88. The van der Waals surface area contributed by atoms with Crippen LogP contribution in [-0.2, 0) is 10.0 Å². The van der Waals surface area contributed by atoms with Crippen molar-refractivity contribution in [3.63, 3.8) is 0 Å². The van der Waals surface area contributed by atoms with Gasteiger partial charge in [-0.15, -0.1) is 12.4 Å². The summed E-state index contributed by atoms with van der Waals surface area (Å²) in [5.74, 6) is 1.58. The van der Waals surface area contributed by atoms with Crippen molar-refractivity contribution in [1.29, 1.82) is 0 Å². The van der Waals surface area contributed by atoms with Crippen LogP contribution in [0.25, 0.3) is 0 Å². The molecule has 2 rings (SSSR count). The molecular formula is C15H25ClN2O3S. The van der Waals surface area contributed by atoms with Gasteiger partial charge in [0.1, 0.15) is 5.75 Å². The maximum Gasteiger partial charge on any atom is 0.240 e. The van der Waals surface area contributed by atoms with Gasteiger partial charge in [-0.2, -0.15) is 0 Å². The molecule has 0 spiro atoms. The molecule has 0 amide bonds. The maximum atomic E-state index is 12.1. The van der Waals surface area contributed by atoms with Gasteiger partial charge in [-0.05, 0) is 48.9 Å². The van der Waals surface area contributed by atoms with Crippen LogP contribution < -0.4 is 15.2 Å². The minimum atomic E-state index is -3.49. The average molecular weight is 349 g/mol. The van der Waals surface area contributed by atoms with E-state index in [1.54, 1.807) is 24.3 Å². The predicted molar refractivity (Wildman–Crippen MR) is 89.9 cm³/mol. The van der Waals surface area contributed by atoms with Crippen molar-refractivity contribution >= 4 is 22.4 Å². The number of rotatable bonds is 8. The number of nitrogens with one attached hydrogen (secondary N) is 1. The molecule has 3 N–H and O–H groups in total. The van der Waals surface area contributed by atoms with E-state index < -0.39 is 10.0 Å². The van der Waals surface area contributed by atoms with Gasteiger partial charge in [0.25, 0.3) is 0 Å². The molecule has 1 aromatic carbocycles. The Kier molecular flexibility index (Phi) is 7.12. The van der Waals surface area contributed by atoms with Gasteiger partial charge in [0.2, 0.25) is 10.0 Å². The highest BCUT2D eigenvalue weighted by Gasteiger charge is 2.29. The third-order valence-electron chi connectivity index (χ3n) is 3.45. The van der Waals surface area contributed by atoms with Crippen molar-refractivity contribution in [3.8, 4) is 5.75 Å². The number of hydrogen-bond acceptors (Lipinski definition) is 4. The summed E-state index contributed by atoms with van der Waals surface area (Å²) in [5, 5.41) is 0. The monoisotopic (exact) mass is 348 g/mol. The van der Waals surface area contributed by atoms with E-state index in [4.69, 9.17) is 10.5 Å². The fourth-order valence-corrected chi connectivity index (χ4v) is 3.03. The Hall–Kier alpha value is -0.820. The first-order valence-electron chi connectivity index (χ1n) is 7.36. The first-order valence-corrected chi connectivity index (χ1v) is 8.85. The molecule has 1 aromatic rings. The van der Waals surface area contributed by atoms with E-state index in [2.05, 4.69) is 18.6 Å². The van der Waals surface area contributed by atoms with E-state index in [1.165, 1.54) is 0 Å². The fraction of sp³-hybridized carbons (Fsp3) is 0.600. The normalized spacial score (nSPS) is 16.2. The number of hydrogen-bond donors (Lipinski definition) is 2. The zero-order valence-electron chi connectivity index (χ0n) is 13.0. The van der Waals surface area contributed by atoms with Crippen molar-refractivity contribution in [3.05, 3.63) is 24.3 Å². The zero-order chi connectivity index (χ0) is 15.5. The summed E-state index contributed by atoms with van der Waals surface area (Å²) in [6.07, 6.45) is 2.20. The van der Waals surface area contributed by atoms with Crippen LogP contribution in [0.3, 0.4) is 0 Å². The van der Waals surface area contributed by atoms with E-state index in [0.29, 0.717) is 30.7 Å². The van der Waals surface area contributed by atoms with Crippen molar-refractivity contribution in [1.82, 2.24) is 4.72 Å². The summed E-state index contributed by atoms with van der Waals surface area (Å²) < 4.78 is 32.4. The molecule has 0 aromatic heterocycles. The minimum absolute atomic E-state index is 0. The second-order valence-corrected chi connectivity index (χ2v) is 7.80. The molecule has 5 nitrogen and oxygen atoms in total. The average Bonchev–Trinajstić information content (AvgIpc) is 3.27. The SMILES string of the molecule is CC(C)COc1ccc(S(=O)(=O)NCC(N)C2CC2)cc1.Cl. The molecule has 7 heteroatoms. The number of nitrogens with two attached hydrogens (primary N) is 1. The minimum Gasteiger partial charge on any atom is -0.493 e. The number of benzene rings is 1. The molecule has 0 heterocycles. The van der Waals surface area contributed by atoms with E-state index in [9.17, 15) is 8.42 Å². The smallest absolute Gasteiger partial charge is 0.240 e. The van der Waals surface area contributed by atoms with Crippen LogP contribution in [0.2, 0.25) is 0 Å². The summed E-state index contributed by atoms with van der Waals surface area (Å²) in [5.41, 5.74) is 5.91. The highest BCUT2D eigenvalue weighted by atomic mass is 35.5. The van der Waals surface area contributed by atoms with Gasteiger partial charge < -0.3 is 10.5 Å². The summed E-state index contributed by atoms with van der Waals surface area (Å²) in [4.78, 5) is 0.238. The molecular weight excluding hydrogens is 324 g/mol. The predicted octanol–water partition coefficient (Wildman–Crippen LogP) is 2.16. The van der Waals surface area contributed by atoms with E-state index >= 15 is 0 Å². The highest BCUT2D eigenvalue weighted by molar-refractivity contribution is 7.89. The van der Waals surface area contributed by atoms with Gasteiger partial charge in [0.15, 0.2) is 0 Å². The van der Waals surface area contributed by atoms with Crippen LogP contribution in [0, 0.1) is 11.8 Å². The second-order valence-electron chi connectivity index (χ2n) is 6.03. The molecule has 0 bridgehead atoms. The Bertz CT molecular complexity index is 557. The number of sulfonamides is 1. The van der Waals surface area contributed by atoms with Crippen LogP contribution in [0.4, 0.5) is 0 Å². The van der Waals surface area contributed by atoms with E-state index in [-0.39, 0.29) is 23.3 Å². The molecule has 0 saturated heterocycles. The molecule has 126 valence electrons. The Labute approximate surface area is 139 Å². The number of halogens is 1. The van der Waals surface area contributed by atoms with Crippen LogP contribution in [0.1, 0.15) is 26.7 Å². The van der Waals surface area contributed by atoms with Gasteiger partial charge in [0, 0.05) is 12.6 Å². The summed E-state index contributed by atoms with van der Waals surface area (Å²) >= 11 is 0. The van der Waals surface area contributed by atoms with Gasteiger partial charge in [0.05, 0.1) is 11.5 Å². The Morgan fingerprint density at radius 2 is 1.86 bits per heavy atom. The van der Waals surface area contributed by atoms with Gasteiger partial charge in [-0.25, -0.2) is 13.1 Å². The van der Waals surface area contributed by atoms with Gasteiger partial charge in [-0.1, -0.05) is 13.8 Å². The Balaban J connectivity index is 0.00000242. The molecule has 1 aliphatic rings. The maximum absolute atomic E-state index is 12.1. The third kappa shape index (κ3) is 5.76. The molecule has 1 atom stereocenters. The van der Waals surface area contributed by atoms with Crippen molar-refractivity contribution in [2.45, 2.75) is 37.6 Å². The molecule has 1 saturated carbocycles. The standard InChI is InChI=1S/C15H24N2O3S.ClH/c1-11(2)10-20-13-5-7-14(8-6-13)21(18,19)17-9-15(16)12-3-4-12;/h5-8,11-12,15,17H,3-4,9-10,16H2,1-2H3;1H. The lowest BCUT2D eigenvalue weighted by Crippen LogP contribution is -2.38. The van der Waals surface area contributed by atoms with Crippen LogP contribution in [0.15, 0.2) is 29.2 Å². The molecule has 0 aliphatic heterocycles. The fourth-order valence-electron chi connectivity index (χ4n) is 1.96. The summed E-state index contributed by atoms with van der Waals surface area (Å²) in [6, 6.07) is 6.38. The van der Waals surface area contributed by atoms with Crippen LogP contribution >= 0.6 is 12.4 Å². The Morgan fingerprint density at radius 1 is 1.27 bits per heavy atom. The largest absolute Gasteiger partial charge is 0.493 e. The molecule has 1 unspecified atom stereocenters. The molecule has 0 radical (unpaired) electrons. The topological polar surface area (TPSA) is 81.4 Å². The highest BCUT2D eigenvalue weighted by Crippen LogP contribution is 2.31. The molecule has 22 heavy (non-hydrogen) atoms. The third-order valence-corrected chi connectivity index (χ3v) is 4.89. The van der Waals surface area contributed by atoms with Crippen LogP contribution in [0.5, 0.6) is 5.75 Å². The van der Waals surface area contributed by atoms with E-state index in [0.717, 1.165) is 12.8 Å². The lowest BCUT2D eigenvalue weighted by atomic mass is 10.2. The van der Waals surface area contributed by atoms with Gasteiger partial charge >= 0.3 is 0 Å².